The molecule has 0 fully saturated rings. The van der Waals surface area contributed by atoms with Crippen molar-refractivity contribution in [3.8, 4) is 0 Å². The van der Waals surface area contributed by atoms with Gasteiger partial charge in [0.25, 0.3) is 0 Å². The molecule has 0 aliphatic rings. The van der Waals surface area contributed by atoms with E-state index in [2.05, 4.69) is 74.7 Å². The van der Waals surface area contributed by atoms with Gasteiger partial charge in [0.1, 0.15) is 5.82 Å². The van der Waals surface area contributed by atoms with E-state index in [0.717, 1.165) is 144 Å². The first-order valence-electron chi connectivity index (χ1n) is 20.6. The number of carbonyl (C=O) groups is 1. The Balaban J connectivity index is -0.000000686. The second kappa shape index (κ2) is 52.2. The van der Waals surface area contributed by atoms with E-state index in [9.17, 15) is 4.79 Å². The molecule has 0 aliphatic heterocycles. The maximum Gasteiger partial charge on any atom is 0.304 e. The minimum absolute atomic E-state index is 0.261. The number of ether oxygens (including phenoxy) is 4. The topological polar surface area (TPSA) is 168 Å². The van der Waals surface area contributed by atoms with Gasteiger partial charge in [-0.1, -0.05) is 60.4 Å². The lowest BCUT2D eigenvalue weighted by atomic mass is 10.2. The molecule has 0 atom stereocenters. The summed E-state index contributed by atoms with van der Waals surface area (Å²) in [5.74, 6) is 12.0. The number of hydrogen-bond acceptors (Lipinski definition) is 15. The summed E-state index contributed by atoms with van der Waals surface area (Å²) in [7, 11) is 0. The Kier molecular flexibility index (Phi) is 56.3. The standard InChI is InChI=1S/C12H22N2OS.C10H20O3S.C9H21NOS.C9H20O4S2/c1-11(2)10-15-7-3-8-16-9-4-12-13-5-6-14-12;1-9(2)8-13-5-3-6-14-7-4-10(11)12;1-9(2)8-11-5-3-6-12-7-4-10;1-9(2)8-11-4-3-5-14-6-7-15-13-12-10/h5-6,11H,3-4,7-10H2,1-2H3,(H,13,14);9H,3-8H2,1-2H3,(H,11,12);9H,3-8,10H2,1-2H3;9-10H,3-8H2,1-2H3. The number of nitrogens with one attached hydrogen (secondary N) is 1. The Morgan fingerprint density at radius 1 is 0.649 bits per heavy atom. The molecule has 57 heavy (non-hydrogen) atoms. The predicted octanol–water partition coefficient (Wildman–Crippen LogP) is 9.60. The molecule has 1 aromatic rings. The van der Waals surface area contributed by atoms with Crippen LogP contribution in [0.4, 0.5) is 0 Å². The highest BCUT2D eigenvalue weighted by Crippen LogP contribution is 2.10. The summed E-state index contributed by atoms with van der Waals surface area (Å²) < 4.78 is 26.0. The number of aliphatic carboxylic acids is 1. The fourth-order valence-electron chi connectivity index (χ4n) is 3.73. The number of aromatic amines is 1. The fraction of sp³-hybridized carbons (Fsp3) is 0.900. The highest BCUT2D eigenvalue weighted by Gasteiger charge is 1.99. The SMILES string of the molecule is CC(C)COCCCSCCC(=O)O.CC(C)COCCCSCCN.CC(C)COCCCSCCSOOO.CC(C)COCCCSCCc1ncc[nH]1. The second-order valence-electron chi connectivity index (χ2n) is 14.4. The zero-order chi connectivity index (χ0) is 43.0. The monoisotopic (exact) mass is 909 g/mol. The lowest BCUT2D eigenvalue weighted by Crippen LogP contribution is -2.05. The van der Waals surface area contributed by atoms with E-state index in [0.29, 0.717) is 29.4 Å². The van der Waals surface area contributed by atoms with Crippen LogP contribution in [0.1, 0.15) is 93.3 Å². The molecular formula is C40H83N3O9S5. The number of rotatable bonds is 37. The smallest absolute Gasteiger partial charge is 0.304 e. The molecule has 17 heteroatoms. The van der Waals surface area contributed by atoms with E-state index in [-0.39, 0.29) is 6.42 Å². The zero-order valence-corrected chi connectivity index (χ0v) is 40.8. The maximum atomic E-state index is 10.2. The Morgan fingerprint density at radius 3 is 1.44 bits per heavy atom. The molecular weight excluding hydrogens is 827 g/mol. The van der Waals surface area contributed by atoms with Crippen LogP contribution in [0.2, 0.25) is 0 Å². The molecule has 0 aromatic carbocycles. The van der Waals surface area contributed by atoms with Crippen molar-refractivity contribution in [2.24, 2.45) is 29.4 Å². The van der Waals surface area contributed by atoms with Gasteiger partial charge in [-0.3, -0.25) is 4.79 Å². The molecule has 5 N–H and O–H groups in total. The largest absolute Gasteiger partial charge is 0.481 e. The molecule has 1 heterocycles. The van der Waals surface area contributed by atoms with Gasteiger partial charge in [0.05, 0.1) is 6.42 Å². The van der Waals surface area contributed by atoms with E-state index >= 15 is 0 Å². The average Bonchev–Trinajstić information content (AvgIpc) is 3.68. The third-order valence-electron chi connectivity index (χ3n) is 6.26. The molecule has 12 nitrogen and oxygen atoms in total. The normalized spacial score (nSPS) is 11.1. The number of aromatic nitrogens is 2. The Labute approximate surface area is 369 Å². The van der Waals surface area contributed by atoms with E-state index in [1.807, 2.05) is 41.5 Å². The van der Waals surface area contributed by atoms with Crippen LogP contribution in [0.25, 0.3) is 0 Å². The number of carboxylic acids is 1. The number of H-pyrrole nitrogens is 1. The summed E-state index contributed by atoms with van der Waals surface area (Å²) in [6.45, 7) is 24.9. The van der Waals surface area contributed by atoms with Crippen molar-refractivity contribution in [2.75, 3.05) is 111 Å². The van der Waals surface area contributed by atoms with Crippen molar-refractivity contribution in [3.05, 3.63) is 18.2 Å². The van der Waals surface area contributed by atoms with Crippen molar-refractivity contribution in [2.45, 2.75) is 93.9 Å². The maximum absolute atomic E-state index is 10.2. The Morgan fingerprint density at radius 2 is 1.07 bits per heavy atom. The first kappa shape index (κ1) is 61.4. The summed E-state index contributed by atoms with van der Waals surface area (Å²) in [6, 6.07) is 0. The van der Waals surface area contributed by atoms with E-state index in [1.54, 1.807) is 18.0 Å². The van der Waals surface area contributed by atoms with Crippen LogP contribution in [-0.2, 0) is 39.5 Å². The van der Waals surface area contributed by atoms with E-state index < -0.39 is 5.97 Å². The van der Waals surface area contributed by atoms with Gasteiger partial charge in [0.15, 0.2) is 0 Å². The average molecular weight is 910 g/mol. The highest BCUT2D eigenvalue weighted by molar-refractivity contribution is 8.01. The second-order valence-corrected chi connectivity index (χ2v) is 20.1. The van der Waals surface area contributed by atoms with Gasteiger partial charge in [-0.15, -0.1) is 4.33 Å². The summed E-state index contributed by atoms with van der Waals surface area (Å²) in [4.78, 5) is 17.5. The third-order valence-corrected chi connectivity index (χ3v) is 11.4. The summed E-state index contributed by atoms with van der Waals surface area (Å²) in [5.41, 5.74) is 5.36. The predicted molar refractivity (Wildman–Crippen MR) is 251 cm³/mol. The Bertz CT molecular complexity index is 882. The number of aryl methyl sites for hydroxylation is 1. The van der Waals surface area contributed by atoms with Gasteiger partial charge in [-0.05, 0) is 72.4 Å². The van der Waals surface area contributed by atoms with Crippen molar-refractivity contribution >= 4 is 65.1 Å². The van der Waals surface area contributed by atoms with Crippen LogP contribution in [0.5, 0.6) is 0 Å². The molecule has 342 valence electrons. The van der Waals surface area contributed by atoms with Crippen LogP contribution >= 0.6 is 59.1 Å². The van der Waals surface area contributed by atoms with Gasteiger partial charge in [0, 0.05) is 119 Å². The van der Waals surface area contributed by atoms with Crippen molar-refractivity contribution in [1.29, 1.82) is 0 Å². The van der Waals surface area contributed by atoms with Crippen molar-refractivity contribution in [3.63, 3.8) is 0 Å². The molecule has 0 bridgehead atoms. The van der Waals surface area contributed by atoms with Gasteiger partial charge < -0.3 is 34.8 Å². The number of nitrogens with two attached hydrogens (primary N) is 1. The molecule has 0 saturated heterocycles. The number of thioether (sulfide) groups is 4. The zero-order valence-electron chi connectivity index (χ0n) is 36.8. The summed E-state index contributed by atoms with van der Waals surface area (Å²) in [5, 5.41) is 19.7. The number of imidazole rings is 1. The molecule has 1 rings (SSSR count). The van der Waals surface area contributed by atoms with Crippen LogP contribution in [0, 0.1) is 23.7 Å². The van der Waals surface area contributed by atoms with Gasteiger partial charge in [0.2, 0.25) is 0 Å². The minimum Gasteiger partial charge on any atom is -0.481 e. The number of hydrogen-bond donors (Lipinski definition) is 4. The molecule has 0 amide bonds. The summed E-state index contributed by atoms with van der Waals surface area (Å²) >= 11 is 8.50. The van der Waals surface area contributed by atoms with Crippen molar-refractivity contribution < 1.29 is 43.5 Å². The minimum atomic E-state index is -0.714. The highest BCUT2D eigenvalue weighted by atomic mass is 32.2. The molecule has 0 aliphatic carbocycles. The molecule has 0 unspecified atom stereocenters. The van der Waals surface area contributed by atoms with Crippen LogP contribution in [-0.4, -0.2) is 137 Å². The van der Waals surface area contributed by atoms with Gasteiger partial charge in [-0.2, -0.15) is 47.0 Å². The van der Waals surface area contributed by atoms with Crippen LogP contribution < -0.4 is 5.73 Å². The third kappa shape index (κ3) is 65.4. The fourth-order valence-corrected chi connectivity index (χ4v) is 7.51. The Hall–Kier alpha value is 0.110. The van der Waals surface area contributed by atoms with E-state index in [4.69, 9.17) is 35.0 Å². The molecule has 0 radical (unpaired) electrons. The van der Waals surface area contributed by atoms with Gasteiger partial charge in [-0.25, -0.2) is 10.2 Å². The lowest BCUT2D eigenvalue weighted by molar-refractivity contribution is -0.432. The van der Waals surface area contributed by atoms with Crippen LogP contribution in [0.3, 0.4) is 0 Å². The summed E-state index contributed by atoms with van der Waals surface area (Å²) in [6.07, 6.45) is 9.37. The quantitative estimate of drug-likeness (QED) is 0.0215. The molecule has 0 spiro atoms. The molecule has 0 saturated carbocycles. The molecule has 1 aromatic heterocycles. The first-order valence-corrected chi connectivity index (χ1v) is 26.1. The van der Waals surface area contributed by atoms with Crippen molar-refractivity contribution in [1.82, 2.24) is 9.97 Å². The number of carboxylic acid groups (broad SMARTS) is 1. The van der Waals surface area contributed by atoms with Crippen LogP contribution in [0.15, 0.2) is 12.4 Å². The van der Waals surface area contributed by atoms with E-state index in [1.165, 1.54) is 11.5 Å². The first-order chi connectivity index (χ1) is 27.5. The lowest BCUT2D eigenvalue weighted by Gasteiger charge is -2.06. The van der Waals surface area contributed by atoms with Gasteiger partial charge >= 0.3 is 5.97 Å². The number of nitrogens with zero attached hydrogens (tertiary/aromatic N) is 1.